The molecule has 1 amide bonds. The average molecular weight is 418 g/mol. The van der Waals surface area contributed by atoms with Crippen molar-refractivity contribution in [3.05, 3.63) is 28.2 Å². The van der Waals surface area contributed by atoms with E-state index < -0.39 is 17.8 Å². The number of hydrogen-bond acceptors (Lipinski definition) is 5. The Morgan fingerprint density at radius 3 is 2.59 bits per heavy atom. The van der Waals surface area contributed by atoms with Crippen LogP contribution < -0.4 is 5.32 Å². The number of ether oxygens (including phenoxy) is 1. The number of hydrogen-bond donors (Lipinski definition) is 2. The molecule has 7 heteroatoms. The topological polar surface area (TPSA) is 92.7 Å². The maximum Gasteiger partial charge on any atom is 0.341 e. The van der Waals surface area contributed by atoms with Crippen molar-refractivity contribution in [3.63, 3.8) is 0 Å². The Morgan fingerprint density at radius 1 is 1.14 bits per heavy atom. The number of fused-ring (bicyclic) bond motifs is 3. The number of amides is 1. The van der Waals surface area contributed by atoms with Crippen LogP contribution in [0.5, 0.6) is 0 Å². The maximum atomic E-state index is 13.1. The van der Waals surface area contributed by atoms with Crippen LogP contribution in [0.25, 0.3) is 0 Å². The van der Waals surface area contributed by atoms with Crippen LogP contribution in [0.1, 0.15) is 59.8 Å². The lowest BCUT2D eigenvalue weighted by molar-refractivity contribution is -0.146. The van der Waals surface area contributed by atoms with Crippen LogP contribution in [0.4, 0.5) is 5.00 Å². The molecule has 1 aromatic rings. The van der Waals surface area contributed by atoms with E-state index in [-0.39, 0.29) is 23.7 Å². The normalized spacial score (nSPS) is 27.3. The van der Waals surface area contributed by atoms with E-state index in [1.807, 2.05) is 19.1 Å². The fourth-order valence-corrected chi connectivity index (χ4v) is 6.31. The van der Waals surface area contributed by atoms with E-state index in [4.69, 9.17) is 4.74 Å². The fourth-order valence-electron chi connectivity index (χ4n) is 5.03. The van der Waals surface area contributed by atoms with Crippen molar-refractivity contribution in [2.24, 2.45) is 23.7 Å². The number of carbonyl (C=O) groups excluding carboxylic acids is 2. The number of nitrogens with one attached hydrogen (secondary N) is 1. The zero-order valence-corrected chi connectivity index (χ0v) is 17.4. The van der Waals surface area contributed by atoms with E-state index in [0.29, 0.717) is 23.6 Å². The Balaban J connectivity index is 1.62. The van der Waals surface area contributed by atoms with E-state index >= 15 is 0 Å². The molecule has 0 aliphatic heterocycles. The minimum absolute atomic E-state index is 0.0469. The fraction of sp³-hybridized carbons (Fsp3) is 0.591. The molecular weight excluding hydrogens is 390 g/mol. The molecule has 0 spiro atoms. The van der Waals surface area contributed by atoms with E-state index in [2.05, 4.69) is 5.32 Å². The third-order valence-electron chi connectivity index (χ3n) is 6.35. The Morgan fingerprint density at radius 2 is 1.86 bits per heavy atom. The van der Waals surface area contributed by atoms with E-state index in [0.717, 1.165) is 49.0 Å². The molecule has 2 bridgehead atoms. The molecular formula is C22H27NO5S. The van der Waals surface area contributed by atoms with Gasteiger partial charge in [-0.1, -0.05) is 25.5 Å². The van der Waals surface area contributed by atoms with Gasteiger partial charge < -0.3 is 15.2 Å². The maximum absolute atomic E-state index is 13.1. The van der Waals surface area contributed by atoms with Crippen LogP contribution >= 0.6 is 11.3 Å². The number of aliphatic carboxylic acids is 1. The molecule has 3 aliphatic rings. The molecule has 1 heterocycles. The van der Waals surface area contributed by atoms with Gasteiger partial charge in [-0.3, -0.25) is 9.59 Å². The van der Waals surface area contributed by atoms with Crippen molar-refractivity contribution < 1.29 is 24.2 Å². The number of rotatable bonds is 6. The van der Waals surface area contributed by atoms with Gasteiger partial charge in [0.25, 0.3) is 0 Å². The van der Waals surface area contributed by atoms with Gasteiger partial charge in [-0.2, -0.15) is 0 Å². The SMILES string of the molecule is CCCOC(=O)c1c(NC(=O)[C@H]2[C@H](C(=O)O)[C@@H]3C=C[C@@H]2C3)sc2c1CCCCC2. The Hall–Kier alpha value is -2.15. The minimum Gasteiger partial charge on any atom is -0.481 e. The summed E-state index contributed by atoms with van der Waals surface area (Å²) in [7, 11) is 0. The number of aryl methyl sites for hydroxylation is 1. The standard InChI is InChI=1S/C22H27NO5S/c1-2-10-28-22(27)18-14-6-4-3-5-7-15(14)29-20(18)23-19(24)16-12-8-9-13(11-12)17(16)21(25)26/h8-9,12-13,16-17H,2-7,10-11H2,1H3,(H,23,24)(H,25,26)/t12-,13-,16-,17-/m1/s1. The number of esters is 1. The van der Waals surface area contributed by atoms with Crippen molar-refractivity contribution in [2.75, 3.05) is 11.9 Å². The highest BCUT2D eigenvalue weighted by atomic mass is 32.1. The van der Waals surface area contributed by atoms with E-state index in [1.165, 1.54) is 11.3 Å². The molecule has 0 saturated heterocycles. The summed E-state index contributed by atoms with van der Waals surface area (Å²) in [5, 5.41) is 13.1. The molecule has 0 aromatic carbocycles. The average Bonchev–Trinajstić information content (AvgIpc) is 3.35. The second-order valence-corrected chi connectivity index (χ2v) is 9.34. The van der Waals surface area contributed by atoms with Gasteiger partial charge in [0.1, 0.15) is 5.00 Å². The highest BCUT2D eigenvalue weighted by Gasteiger charge is 2.51. The van der Waals surface area contributed by atoms with Crippen LogP contribution in [0.3, 0.4) is 0 Å². The second kappa shape index (κ2) is 8.30. The first kappa shape index (κ1) is 20.1. The van der Waals surface area contributed by atoms with Crippen molar-refractivity contribution in [1.82, 2.24) is 0 Å². The van der Waals surface area contributed by atoms with Crippen LogP contribution in [0.15, 0.2) is 12.2 Å². The van der Waals surface area contributed by atoms with Crippen LogP contribution in [-0.2, 0) is 27.2 Å². The first-order valence-electron chi connectivity index (χ1n) is 10.5. The summed E-state index contributed by atoms with van der Waals surface area (Å²) in [6.07, 6.45) is 10.3. The van der Waals surface area contributed by atoms with Crippen LogP contribution in [0.2, 0.25) is 0 Å². The first-order chi connectivity index (χ1) is 14.0. The molecule has 4 rings (SSSR count). The van der Waals surface area contributed by atoms with Gasteiger partial charge >= 0.3 is 11.9 Å². The monoisotopic (exact) mass is 417 g/mol. The second-order valence-electron chi connectivity index (χ2n) is 8.23. The Kier molecular flexibility index (Phi) is 5.76. The van der Waals surface area contributed by atoms with Gasteiger partial charge in [-0.05, 0) is 55.9 Å². The molecule has 29 heavy (non-hydrogen) atoms. The molecule has 1 saturated carbocycles. The molecule has 6 nitrogen and oxygen atoms in total. The number of carboxylic acid groups (broad SMARTS) is 1. The lowest BCUT2D eigenvalue weighted by Gasteiger charge is -2.23. The largest absolute Gasteiger partial charge is 0.481 e. The highest BCUT2D eigenvalue weighted by molar-refractivity contribution is 7.17. The van der Waals surface area contributed by atoms with Crippen LogP contribution in [-0.4, -0.2) is 29.6 Å². The molecule has 0 radical (unpaired) electrons. The van der Waals surface area contributed by atoms with E-state index in [1.54, 1.807) is 0 Å². The highest BCUT2D eigenvalue weighted by Crippen LogP contribution is 2.49. The molecule has 156 valence electrons. The molecule has 0 unspecified atom stereocenters. The molecule has 1 aromatic heterocycles. The molecule has 4 atom stereocenters. The zero-order valence-electron chi connectivity index (χ0n) is 16.6. The van der Waals surface area contributed by atoms with Crippen molar-refractivity contribution in [3.8, 4) is 0 Å². The quantitative estimate of drug-likeness (QED) is 0.414. The molecule has 3 aliphatic carbocycles. The predicted molar refractivity (Wildman–Crippen MR) is 110 cm³/mol. The van der Waals surface area contributed by atoms with Gasteiger partial charge in [0.05, 0.1) is 24.0 Å². The number of anilines is 1. The van der Waals surface area contributed by atoms with Gasteiger partial charge in [-0.15, -0.1) is 11.3 Å². The molecule has 2 N–H and O–H groups in total. The minimum atomic E-state index is -0.924. The molecule has 1 fully saturated rings. The first-order valence-corrected chi connectivity index (χ1v) is 11.4. The zero-order chi connectivity index (χ0) is 20.5. The summed E-state index contributed by atoms with van der Waals surface area (Å²) in [5.41, 5.74) is 1.49. The van der Waals surface area contributed by atoms with Gasteiger partial charge in [0, 0.05) is 4.88 Å². The lowest BCUT2D eigenvalue weighted by atomic mass is 9.82. The lowest BCUT2D eigenvalue weighted by Crippen LogP contribution is -2.36. The Labute approximate surface area is 174 Å². The van der Waals surface area contributed by atoms with E-state index in [9.17, 15) is 19.5 Å². The smallest absolute Gasteiger partial charge is 0.341 e. The Bertz CT molecular complexity index is 858. The number of allylic oxidation sites excluding steroid dienone is 2. The summed E-state index contributed by atoms with van der Waals surface area (Å²) < 4.78 is 5.41. The summed E-state index contributed by atoms with van der Waals surface area (Å²) in [6, 6.07) is 0. The third kappa shape index (κ3) is 3.72. The number of carbonyl (C=O) groups is 3. The van der Waals surface area contributed by atoms with Crippen molar-refractivity contribution in [2.45, 2.75) is 51.9 Å². The number of carboxylic acids is 1. The summed E-state index contributed by atoms with van der Waals surface area (Å²) >= 11 is 1.46. The summed E-state index contributed by atoms with van der Waals surface area (Å²) in [6.45, 7) is 2.29. The summed E-state index contributed by atoms with van der Waals surface area (Å²) in [4.78, 5) is 38.8. The van der Waals surface area contributed by atoms with Gasteiger partial charge in [0.15, 0.2) is 0 Å². The predicted octanol–water partition coefficient (Wildman–Crippen LogP) is 4.05. The summed E-state index contributed by atoms with van der Waals surface area (Å²) in [5.74, 6) is -3.02. The van der Waals surface area contributed by atoms with Gasteiger partial charge in [-0.25, -0.2) is 4.79 Å². The van der Waals surface area contributed by atoms with Crippen LogP contribution in [0, 0.1) is 23.7 Å². The van der Waals surface area contributed by atoms with Crippen molar-refractivity contribution >= 4 is 34.2 Å². The number of thiophene rings is 1. The third-order valence-corrected chi connectivity index (χ3v) is 7.55. The van der Waals surface area contributed by atoms with Gasteiger partial charge in [0.2, 0.25) is 5.91 Å². The van der Waals surface area contributed by atoms with Crippen molar-refractivity contribution in [1.29, 1.82) is 0 Å².